The first-order valence-electron chi connectivity index (χ1n) is 5.61. The molecule has 1 aliphatic heterocycles. The van der Waals surface area contributed by atoms with Crippen molar-refractivity contribution in [3.63, 3.8) is 0 Å². The summed E-state index contributed by atoms with van der Waals surface area (Å²) >= 11 is 2.76. The molecule has 1 heterocycles. The Balaban J connectivity index is 2.37. The van der Waals surface area contributed by atoms with E-state index in [9.17, 15) is 26.8 Å². The molecule has 0 radical (unpaired) electrons. The molecule has 6 nitrogen and oxygen atoms in total. The topological polar surface area (TPSA) is 83.6 Å². The lowest BCUT2D eigenvalue weighted by molar-refractivity contribution is -0.137. The van der Waals surface area contributed by atoms with Crippen molar-refractivity contribution in [3.05, 3.63) is 28.2 Å². The fourth-order valence-corrected chi connectivity index (χ4v) is 4.23. The van der Waals surface area contributed by atoms with Gasteiger partial charge in [-0.1, -0.05) is 0 Å². The molecule has 0 spiro atoms. The SMILES string of the molecule is CN1C(=O)CC(NS(=O)(=O)c2c(F)cc(F)cc2Br)C1=O. The number of sulfonamides is 1. The van der Waals surface area contributed by atoms with Gasteiger partial charge in [0.1, 0.15) is 22.6 Å². The van der Waals surface area contributed by atoms with Crippen LogP contribution in [0.5, 0.6) is 0 Å². The first-order valence-corrected chi connectivity index (χ1v) is 7.88. The highest BCUT2D eigenvalue weighted by molar-refractivity contribution is 9.10. The van der Waals surface area contributed by atoms with Gasteiger partial charge in [-0.05, 0) is 22.0 Å². The number of halogens is 3. The number of nitrogens with one attached hydrogen (secondary N) is 1. The van der Waals surface area contributed by atoms with Gasteiger partial charge in [-0.25, -0.2) is 17.2 Å². The lowest BCUT2D eigenvalue weighted by atomic mass is 10.3. The highest BCUT2D eigenvalue weighted by Gasteiger charge is 2.39. The molecule has 1 N–H and O–H groups in total. The molecule has 0 saturated carbocycles. The smallest absolute Gasteiger partial charge is 0.247 e. The molecule has 2 amide bonds. The first-order chi connectivity index (χ1) is 9.63. The van der Waals surface area contributed by atoms with E-state index in [1.165, 1.54) is 7.05 Å². The van der Waals surface area contributed by atoms with Crippen molar-refractivity contribution >= 4 is 37.8 Å². The quantitative estimate of drug-likeness (QED) is 0.782. The van der Waals surface area contributed by atoms with Crippen molar-refractivity contribution in [2.45, 2.75) is 17.4 Å². The molecule has 1 atom stereocenters. The zero-order valence-electron chi connectivity index (χ0n) is 10.6. The van der Waals surface area contributed by atoms with Gasteiger partial charge in [-0.3, -0.25) is 14.5 Å². The van der Waals surface area contributed by atoms with Crippen LogP contribution in [-0.2, 0) is 19.6 Å². The van der Waals surface area contributed by atoms with Gasteiger partial charge in [-0.15, -0.1) is 0 Å². The molecule has 0 aromatic heterocycles. The minimum absolute atomic E-state index is 0.322. The van der Waals surface area contributed by atoms with Gasteiger partial charge < -0.3 is 0 Å². The third kappa shape index (κ3) is 2.97. The van der Waals surface area contributed by atoms with Gasteiger partial charge in [0.25, 0.3) is 0 Å². The van der Waals surface area contributed by atoms with Crippen LogP contribution in [0.2, 0.25) is 0 Å². The van der Waals surface area contributed by atoms with E-state index >= 15 is 0 Å². The molecule has 114 valence electrons. The van der Waals surface area contributed by atoms with Crippen LogP contribution in [0.3, 0.4) is 0 Å². The second-order valence-electron chi connectivity index (χ2n) is 4.37. The molecular formula is C11H9BrF2N2O4S. The monoisotopic (exact) mass is 382 g/mol. The van der Waals surface area contributed by atoms with Gasteiger partial charge in [0.2, 0.25) is 21.8 Å². The maximum absolute atomic E-state index is 13.7. The van der Waals surface area contributed by atoms with Crippen molar-refractivity contribution in [3.8, 4) is 0 Å². The van der Waals surface area contributed by atoms with Gasteiger partial charge in [0.15, 0.2) is 0 Å². The average Bonchev–Trinajstić information content (AvgIpc) is 2.54. The highest BCUT2D eigenvalue weighted by Crippen LogP contribution is 2.27. The predicted octanol–water partition coefficient (Wildman–Crippen LogP) is 0.763. The fourth-order valence-electron chi connectivity index (χ4n) is 1.88. The van der Waals surface area contributed by atoms with Gasteiger partial charge >= 0.3 is 0 Å². The first kappa shape index (κ1) is 16.0. The van der Waals surface area contributed by atoms with Crippen molar-refractivity contribution in [2.24, 2.45) is 0 Å². The number of hydrogen-bond acceptors (Lipinski definition) is 4. The summed E-state index contributed by atoms with van der Waals surface area (Å²) in [5.74, 6) is -3.54. The minimum Gasteiger partial charge on any atom is -0.284 e. The van der Waals surface area contributed by atoms with E-state index in [1.807, 2.05) is 4.72 Å². The number of likely N-dealkylation sites (N-methyl/N-ethyl adjacent to an activating group) is 1. The van der Waals surface area contributed by atoms with Crippen LogP contribution < -0.4 is 4.72 Å². The summed E-state index contributed by atoms with van der Waals surface area (Å²) < 4.78 is 52.5. The summed E-state index contributed by atoms with van der Waals surface area (Å²) in [4.78, 5) is 23.0. The Kier molecular flexibility index (Phi) is 4.13. The number of imide groups is 1. The molecule has 21 heavy (non-hydrogen) atoms. The number of benzene rings is 1. The Morgan fingerprint density at radius 3 is 2.43 bits per heavy atom. The molecule has 10 heteroatoms. The highest BCUT2D eigenvalue weighted by atomic mass is 79.9. The fraction of sp³-hybridized carbons (Fsp3) is 0.273. The van der Waals surface area contributed by atoms with Crippen LogP contribution in [0.4, 0.5) is 8.78 Å². The van der Waals surface area contributed by atoms with Crippen molar-refractivity contribution in [1.82, 2.24) is 9.62 Å². The molecule has 1 aromatic rings. The van der Waals surface area contributed by atoms with Crippen LogP contribution in [0.1, 0.15) is 6.42 Å². The number of carbonyl (C=O) groups excluding carboxylic acids is 2. The normalized spacial score (nSPS) is 19.4. The Hall–Kier alpha value is -1.39. The van der Waals surface area contributed by atoms with Gasteiger partial charge in [0, 0.05) is 17.6 Å². The Morgan fingerprint density at radius 1 is 1.33 bits per heavy atom. The Bertz CT molecular complexity index is 715. The van der Waals surface area contributed by atoms with Crippen molar-refractivity contribution in [2.75, 3.05) is 7.05 Å². The summed E-state index contributed by atoms with van der Waals surface area (Å²) in [5.41, 5.74) is 0. The summed E-state index contributed by atoms with van der Waals surface area (Å²) in [7, 11) is -3.22. The molecule has 1 aromatic carbocycles. The Morgan fingerprint density at radius 2 is 1.95 bits per heavy atom. The van der Waals surface area contributed by atoms with Gasteiger partial charge in [0.05, 0.1) is 6.42 Å². The summed E-state index contributed by atoms with van der Waals surface area (Å²) in [6.07, 6.45) is -0.352. The van der Waals surface area contributed by atoms with E-state index in [4.69, 9.17) is 0 Å². The number of rotatable bonds is 3. The number of carbonyl (C=O) groups is 2. The van der Waals surface area contributed by atoms with E-state index in [1.54, 1.807) is 0 Å². The van der Waals surface area contributed by atoms with Gasteiger partial charge in [-0.2, -0.15) is 4.72 Å². The lowest BCUT2D eigenvalue weighted by Crippen LogP contribution is -2.41. The minimum atomic E-state index is -4.44. The van der Waals surface area contributed by atoms with Crippen LogP contribution in [-0.4, -0.2) is 38.2 Å². The zero-order valence-corrected chi connectivity index (χ0v) is 13.0. The predicted molar refractivity (Wildman–Crippen MR) is 70.6 cm³/mol. The molecule has 0 aliphatic carbocycles. The molecule has 1 saturated heterocycles. The maximum atomic E-state index is 13.7. The second kappa shape index (κ2) is 5.43. The van der Waals surface area contributed by atoms with Crippen LogP contribution in [0.25, 0.3) is 0 Å². The summed E-state index contributed by atoms with van der Waals surface area (Å²) in [5, 5.41) is 0. The Labute approximate surface area is 127 Å². The number of hydrogen-bond donors (Lipinski definition) is 1. The standard InChI is InChI=1S/C11H9BrF2N2O4S/c1-16-9(17)4-8(11(16)18)15-21(19,20)10-6(12)2-5(13)3-7(10)14/h2-3,8,15H,4H2,1H3. The summed E-state index contributed by atoms with van der Waals surface area (Å²) in [6, 6.07) is -0.109. The molecule has 1 unspecified atom stereocenters. The third-order valence-electron chi connectivity index (χ3n) is 2.91. The van der Waals surface area contributed by atoms with E-state index in [-0.39, 0.29) is 10.9 Å². The number of likely N-dealkylation sites (tertiary alicyclic amines) is 1. The molecule has 1 fully saturated rings. The van der Waals surface area contributed by atoms with E-state index in [0.29, 0.717) is 6.07 Å². The second-order valence-corrected chi connectivity index (χ2v) is 6.87. The number of nitrogens with zero attached hydrogens (tertiary/aromatic N) is 1. The molecule has 2 rings (SSSR count). The largest absolute Gasteiger partial charge is 0.284 e. The summed E-state index contributed by atoms with van der Waals surface area (Å²) in [6.45, 7) is 0. The van der Waals surface area contributed by atoms with Crippen molar-refractivity contribution < 1.29 is 26.8 Å². The van der Waals surface area contributed by atoms with E-state index < -0.39 is 44.4 Å². The molecule has 0 bridgehead atoms. The third-order valence-corrected chi connectivity index (χ3v) is 5.35. The van der Waals surface area contributed by atoms with E-state index in [2.05, 4.69) is 15.9 Å². The lowest BCUT2D eigenvalue weighted by Gasteiger charge is -2.13. The average molecular weight is 383 g/mol. The van der Waals surface area contributed by atoms with Crippen molar-refractivity contribution in [1.29, 1.82) is 0 Å². The van der Waals surface area contributed by atoms with E-state index in [0.717, 1.165) is 11.0 Å². The van der Waals surface area contributed by atoms with Crippen LogP contribution >= 0.6 is 15.9 Å². The molecule has 1 aliphatic rings. The van der Waals surface area contributed by atoms with Crippen LogP contribution in [0.15, 0.2) is 21.5 Å². The van der Waals surface area contributed by atoms with Crippen LogP contribution in [0, 0.1) is 11.6 Å². The molecular weight excluding hydrogens is 374 g/mol. The zero-order chi connectivity index (χ0) is 15.9. The number of amides is 2. The maximum Gasteiger partial charge on any atom is 0.247 e.